The summed E-state index contributed by atoms with van der Waals surface area (Å²) in [6, 6.07) is 0. The van der Waals surface area contributed by atoms with E-state index in [1.165, 1.54) is 4.94 Å². The van der Waals surface area contributed by atoms with E-state index in [-0.39, 0.29) is 0 Å². The molecule has 23 heavy (non-hydrogen) atoms. The van der Waals surface area contributed by atoms with Crippen LogP contribution in [-0.2, 0) is 9.74 Å². The Morgan fingerprint density at radius 1 is 0.870 bits per heavy atom. The van der Waals surface area contributed by atoms with Crippen molar-refractivity contribution in [3.63, 3.8) is 0 Å². The summed E-state index contributed by atoms with van der Waals surface area (Å²) < 4.78 is 144. The lowest BCUT2D eigenvalue weighted by atomic mass is 9.78. The average Bonchev–Trinajstić information content (AvgIpc) is 2.42. The van der Waals surface area contributed by atoms with Gasteiger partial charge in [-0.15, -0.1) is 4.94 Å². The smallest absolute Gasteiger partial charge is 0.407 e. The van der Waals surface area contributed by atoms with E-state index in [4.69, 9.17) is 5.11 Å². The Hall–Kier alpha value is -1.60. The molecule has 1 fully saturated rings. The molecule has 0 aromatic carbocycles. The zero-order valence-electron chi connectivity index (χ0n) is 10.1. The van der Waals surface area contributed by atoms with Gasteiger partial charge in [-0.25, -0.2) is 4.79 Å². The molecule has 1 aliphatic rings. The molecule has 0 spiro atoms. The summed E-state index contributed by atoms with van der Waals surface area (Å²) in [5.41, 5.74) is -6.33. The molecule has 14 heteroatoms. The molecule has 0 unspecified atom stereocenters. The Bertz CT molecular complexity index is 513. The predicted octanol–water partition coefficient (Wildman–Crippen LogP) is 3.66. The number of hydrogen-bond donors (Lipinski definition) is 1. The van der Waals surface area contributed by atoms with E-state index >= 15 is 0 Å². The Kier molecular flexibility index (Phi) is 3.98. The number of aliphatic carboxylic acids is 1. The first-order chi connectivity index (χ1) is 9.98. The number of halogens is 11. The first-order valence-corrected chi connectivity index (χ1v) is 5.09. The van der Waals surface area contributed by atoms with E-state index < -0.39 is 53.3 Å². The number of hydrogen-bond acceptors (Lipinski definition) is 2. The summed E-state index contributed by atoms with van der Waals surface area (Å²) in [7, 11) is 0. The fourth-order valence-electron chi connectivity index (χ4n) is 2.02. The first-order valence-electron chi connectivity index (χ1n) is 5.09. The van der Waals surface area contributed by atoms with Gasteiger partial charge in [0.2, 0.25) is 5.41 Å². The van der Waals surface area contributed by atoms with E-state index in [2.05, 4.69) is 0 Å². The van der Waals surface area contributed by atoms with Gasteiger partial charge in [-0.05, 0) is 10.6 Å². The van der Waals surface area contributed by atoms with Crippen LogP contribution in [0.4, 0.5) is 48.4 Å². The molecular formula is C9H3F11O3. The predicted molar refractivity (Wildman–Crippen MR) is 46.1 cm³/mol. The zero-order chi connectivity index (χ0) is 18.7. The maximum absolute atomic E-state index is 13.5. The van der Waals surface area contributed by atoms with Gasteiger partial charge in [-0.1, -0.05) is 0 Å². The molecule has 1 saturated carbocycles. The molecule has 0 aromatic heterocycles. The summed E-state index contributed by atoms with van der Waals surface area (Å²) in [4.78, 5) is 11.6. The van der Waals surface area contributed by atoms with Gasteiger partial charge in [0.1, 0.15) is 0 Å². The lowest BCUT2D eigenvalue weighted by Gasteiger charge is -2.38. The van der Waals surface area contributed by atoms with Crippen LogP contribution in [-0.4, -0.2) is 40.9 Å². The Labute approximate surface area is 118 Å². The fourth-order valence-corrected chi connectivity index (χ4v) is 2.02. The molecule has 0 bridgehead atoms. The van der Waals surface area contributed by atoms with Crippen molar-refractivity contribution in [2.75, 3.05) is 0 Å². The topological polar surface area (TPSA) is 46.5 Å². The van der Waals surface area contributed by atoms with Gasteiger partial charge >= 0.3 is 35.8 Å². The van der Waals surface area contributed by atoms with E-state index in [0.29, 0.717) is 0 Å². The number of carboxylic acid groups (broad SMARTS) is 1. The third-order valence-electron chi connectivity index (χ3n) is 3.21. The molecule has 3 nitrogen and oxygen atoms in total. The lowest BCUT2D eigenvalue weighted by molar-refractivity contribution is -0.443. The SMILES string of the molecule is O=C(O)C=CC1(C(F)(F)OF)C(F)(F)C(F)(F)C(F)(F)C1(F)F. The number of carboxylic acids is 1. The van der Waals surface area contributed by atoms with Gasteiger partial charge in [-0.3, -0.25) is 0 Å². The van der Waals surface area contributed by atoms with Crippen molar-refractivity contribution in [2.24, 2.45) is 5.41 Å². The van der Waals surface area contributed by atoms with E-state index in [9.17, 15) is 53.2 Å². The molecule has 0 heterocycles. The van der Waals surface area contributed by atoms with E-state index in [1.807, 2.05) is 0 Å². The standard InChI is InChI=1S/C9H3F11O3/c10-5(11)4(2-1-3(21)22,9(18,19)23-20)6(12,13)8(16,17)7(5,14)15/h1-2H,(H,21,22). The van der Waals surface area contributed by atoms with Crippen molar-refractivity contribution >= 4 is 5.97 Å². The molecule has 0 saturated heterocycles. The monoisotopic (exact) mass is 368 g/mol. The van der Waals surface area contributed by atoms with Crippen LogP contribution < -0.4 is 0 Å². The number of rotatable bonds is 4. The van der Waals surface area contributed by atoms with Crippen LogP contribution in [0.2, 0.25) is 0 Å². The van der Waals surface area contributed by atoms with Crippen molar-refractivity contribution in [1.29, 1.82) is 0 Å². The largest absolute Gasteiger partial charge is 0.478 e. The lowest BCUT2D eigenvalue weighted by Crippen LogP contribution is -2.61. The second kappa shape index (κ2) is 4.70. The van der Waals surface area contributed by atoms with Gasteiger partial charge < -0.3 is 5.11 Å². The molecule has 134 valence electrons. The number of carbonyl (C=O) groups is 1. The van der Waals surface area contributed by atoms with Crippen LogP contribution in [0.1, 0.15) is 0 Å². The van der Waals surface area contributed by atoms with Gasteiger partial charge in [0.05, 0.1) is 0 Å². The minimum atomic E-state index is -7.09. The van der Waals surface area contributed by atoms with Gasteiger partial charge in [-0.2, -0.15) is 43.9 Å². The Balaban J connectivity index is 3.98. The molecule has 0 aromatic rings. The van der Waals surface area contributed by atoms with Crippen molar-refractivity contribution in [1.82, 2.24) is 0 Å². The van der Waals surface area contributed by atoms with Crippen LogP contribution in [0.25, 0.3) is 0 Å². The highest BCUT2D eigenvalue weighted by Gasteiger charge is 3.03. The highest BCUT2D eigenvalue weighted by molar-refractivity contribution is 5.80. The molecule has 1 N–H and O–H groups in total. The third kappa shape index (κ3) is 1.83. The van der Waals surface area contributed by atoms with Crippen LogP contribution in [0.5, 0.6) is 0 Å². The molecule has 0 atom stereocenters. The minimum absolute atomic E-state index is 0.966. The molecule has 0 aliphatic heterocycles. The fraction of sp³-hybridized carbons (Fsp3) is 0.667. The molecule has 1 aliphatic carbocycles. The molecule has 0 radical (unpaired) electrons. The molecule has 1 rings (SSSR count). The maximum atomic E-state index is 13.5. The summed E-state index contributed by atoms with van der Waals surface area (Å²) in [5, 5.41) is 8.10. The van der Waals surface area contributed by atoms with Gasteiger partial charge in [0, 0.05) is 6.08 Å². The normalized spacial score (nSPS) is 27.3. The van der Waals surface area contributed by atoms with Gasteiger partial charge in [0.25, 0.3) is 0 Å². The van der Waals surface area contributed by atoms with Crippen LogP contribution in [0.15, 0.2) is 12.2 Å². The van der Waals surface area contributed by atoms with Crippen molar-refractivity contribution in [3.05, 3.63) is 12.2 Å². The average molecular weight is 368 g/mol. The van der Waals surface area contributed by atoms with Crippen molar-refractivity contribution in [2.45, 2.75) is 29.8 Å². The minimum Gasteiger partial charge on any atom is -0.478 e. The van der Waals surface area contributed by atoms with Crippen molar-refractivity contribution in [3.8, 4) is 0 Å². The highest BCUT2D eigenvalue weighted by Crippen LogP contribution is 2.75. The van der Waals surface area contributed by atoms with Gasteiger partial charge in [0.15, 0.2) is 0 Å². The second-order valence-corrected chi connectivity index (χ2v) is 4.37. The molecule has 0 amide bonds. The summed E-state index contributed by atoms with van der Waals surface area (Å²) in [5.74, 6) is -30.7. The second-order valence-electron chi connectivity index (χ2n) is 4.37. The van der Waals surface area contributed by atoms with E-state index in [0.717, 1.165) is 0 Å². The summed E-state index contributed by atoms with van der Waals surface area (Å²) in [6.07, 6.45) is -9.15. The maximum Gasteiger partial charge on any atom is 0.407 e. The first kappa shape index (κ1) is 19.4. The zero-order valence-corrected chi connectivity index (χ0v) is 10.1. The number of alkyl halides is 10. The highest BCUT2D eigenvalue weighted by atomic mass is 19.4. The quantitative estimate of drug-likeness (QED) is 0.609. The third-order valence-corrected chi connectivity index (χ3v) is 3.21. The van der Waals surface area contributed by atoms with Crippen molar-refractivity contribution < 1.29 is 63.3 Å². The summed E-state index contributed by atoms with van der Waals surface area (Å²) in [6.45, 7) is 0. The molecular weight excluding hydrogens is 365 g/mol. The van der Waals surface area contributed by atoms with E-state index in [1.54, 1.807) is 0 Å². The van der Waals surface area contributed by atoms with Crippen LogP contribution >= 0.6 is 0 Å². The Morgan fingerprint density at radius 3 is 1.48 bits per heavy atom. The Morgan fingerprint density at radius 2 is 1.22 bits per heavy atom. The van der Waals surface area contributed by atoms with Crippen LogP contribution in [0, 0.1) is 5.41 Å². The van der Waals surface area contributed by atoms with Crippen LogP contribution in [0.3, 0.4) is 0 Å². The summed E-state index contributed by atoms with van der Waals surface area (Å²) >= 11 is 0.